The summed E-state index contributed by atoms with van der Waals surface area (Å²) >= 11 is 0. The fraction of sp³-hybridized carbons (Fsp3) is 0.200. The van der Waals surface area contributed by atoms with Gasteiger partial charge in [0.1, 0.15) is 0 Å². The maximum Gasteiger partial charge on any atom is 0.305 e. The highest BCUT2D eigenvalue weighted by molar-refractivity contribution is 5.87. The van der Waals surface area contributed by atoms with Gasteiger partial charge in [-0.25, -0.2) is 4.98 Å². The average Bonchev–Trinajstić information content (AvgIpc) is 2.65. The standard InChI is InChI=1S/C10H10N2O3/c13-9(14)2-5-11-8-1-4-12-10-7(8)3-6-15-10/h1,3-4,6H,2,5H2,(H,11,12)(H,13,14). The number of carboxylic acid groups (broad SMARTS) is 1. The normalized spacial score (nSPS) is 10.4. The zero-order chi connectivity index (χ0) is 10.7. The van der Waals surface area contributed by atoms with Gasteiger partial charge in [-0.05, 0) is 12.1 Å². The molecule has 2 aromatic heterocycles. The Balaban J connectivity index is 2.13. The van der Waals surface area contributed by atoms with Crippen molar-refractivity contribution >= 4 is 22.8 Å². The van der Waals surface area contributed by atoms with E-state index in [0.29, 0.717) is 12.3 Å². The van der Waals surface area contributed by atoms with Gasteiger partial charge in [0.2, 0.25) is 5.71 Å². The Morgan fingerprint density at radius 1 is 1.53 bits per heavy atom. The van der Waals surface area contributed by atoms with E-state index in [0.717, 1.165) is 11.1 Å². The molecule has 2 N–H and O–H groups in total. The van der Waals surface area contributed by atoms with E-state index in [1.54, 1.807) is 24.6 Å². The number of nitrogens with one attached hydrogen (secondary N) is 1. The van der Waals surface area contributed by atoms with Crippen LogP contribution in [0.15, 0.2) is 29.0 Å². The first-order valence-electron chi connectivity index (χ1n) is 4.55. The number of carboxylic acids is 1. The summed E-state index contributed by atoms with van der Waals surface area (Å²) < 4.78 is 5.12. The lowest BCUT2D eigenvalue weighted by atomic mass is 10.3. The quantitative estimate of drug-likeness (QED) is 0.796. The van der Waals surface area contributed by atoms with Crippen LogP contribution in [0.5, 0.6) is 0 Å². The van der Waals surface area contributed by atoms with Crippen LogP contribution < -0.4 is 5.32 Å². The van der Waals surface area contributed by atoms with Crippen LogP contribution in [0.3, 0.4) is 0 Å². The van der Waals surface area contributed by atoms with E-state index in [1.165, 1.54) is 0 Å². The van der Waals surface area contributed by atoms with Crippen LogP contribution in [0.2, 0.25) is 0 Å². The van der Waals surface area contributed by atoms with Crippen LogP contribution in [0, 0.1) is 0 Å². The average molecular weight is 206 g/mol. The molecule has 0 fully saturated rings. The maximum atomic E-state index is 10.3. The lowest BCUT2D eigenvalue weighted by molar-refractivity contribution is -0.136. The Morgan fingerprint density at radius 2 is 2.40 bits per heavy atom. The molecule has 0 aliphatic rings. The van der Waals surface area contributed by atoms with E-state index in [9.17, 15) is 4.79 Å². The molecule has 0 aliphatic heterocycles. The smallest absolute Gasteiger partial charge is 0.305 e. The van der Waals surface area contributed by atoms with Gasteiger partial charge in [-0.1, -0.05) is 0 Å². The van der Waals surface area contributed by atoms with E-state index in [4.69, 9.17) is 9.52 Å². The SMILES string of the molecule is O=C(O)CCNc1ccnc2occc12. The Hall–Kier alpha value is -2.04. The summed E-state index contributed by atoms with van der Waals surface area (Å²) in [5.74, 6) is -0.819. The summed E-state index contributed by atoms with van der Waals surface area (Å²) in [4.78, 5) is 14.4. The van der Waals surface area contributed by atoms with Gasteiger partial charge in [0.25, 0.3) is 0 Å². The van der Waals surface area contributed by atoms with Crippen molar-refractivity contribution in [3.8, 4) is 0 Å². The molecule has 2 aromatic rings. The van der Waals surface area contributed by atoms with Gasteiger partial charge in [0, 0.05) is 18.4 Å². The summed E-state index contributed by atoms with van der Waals surface area (Å²) in [5, 5.41) is 12.4. The third kappa shape index (κ3) is 2.07. The van der Waals surface area contributed by atoms with E-state index >= 15 is 0 Å². The Bertz CT molecular complexity index is 478. The van der Waals surface area contributed by atoms with Crippen molar-refractivity contribution in [1.82, 2.24) is 4.98 Å². The summed E-state index contributed by atoms with van der Waals surface area (Å²) in [6, 6.07) is 3.59. The molecular formula is C10H10N2O3. The second-order valence-corrected chi connectivity index (χ2v) is 3.07. The third-order valence-corrected chi connectivity index (χ3v) is 2.02. The van der Waals surface area contributed by atoms with Crippen molar-refractivity contribution in [1.29, 1.82) is 0 Å². The van der Waals surface area contributed by atoms with Crippen molar-refractivity contribution in [2.24, 2.45) is 0 Å². The fourth-order valence-corrected chi connectivity index (χ4v) is 1.33. The minimum absolute atomic E-state index is 0.0850. The number of aliphatic carboxylic acids is 1. The number of furan rings is 1. The topological polar surface area (TPSA) is 75.4 Å². The fourth-order valence-electron chi connectivity index (χ4n) is 1.33. The molecule has 0 bridgehead atoms. The molecule has 0 radical (unpaired) electrons. The number of carbonyl (C=O) groups is 1. The molecule has 78 valence electrons. The van der Waals surface area contributed by atoms with Crippen LogP contribution >= 0.6 is 0 Å². The van der Waals surface area contributed by atoms with Gasteiger partial charge in [-0.3, -0.25) is 4.79 Å². The molecule has 0 amide bonds. The van der Waals surface area contributed by atoms with E-state index in [1.807, 2.05) is 0 Å². The number of anilines is 1. The number of aromatic nitrogens is 1. The number of rotatable bonds is 4. The van der Waals surface area contributed by atoms with E-state index in [2.05, 4.69) is 10.3 Å². The molecule has 0 atom stereocenters. The number of nitrogens with zero attached hydrogens (tertiary/aromatic N) is 1. The number of hydrogen-bond acceptors (Lipinski definition) is 4. The second kappa shape index (κ2) is 4.00. The van der Waals surface area contributed by atoms with Crippen LogP contribution in [0.25, 0.3) is 11.1 Å². The predicted octanol–water partition coefficient (Wildman–Crippen LogP) is 1.71. The molecule has 0 spiro atoms. The summed E-state index contributed by atoms with van der Waals surface area (Å²) in [5.41, 5.74) is 1.39. The Kier molecular flexibility index (Phi) is 2.53. The zero-order valence-corrected chi connectivity index (χ0v) is 7.93. The first-order chi connectivity index (χ1) is 7.27. The lowest BCUT2D eigenvalue weighted by Crippen LogP contribution is -2.07. The maximum absolute atomic E-state index is 10.3. The molecule has 0 aromatic carbocycles. The largest absolute Gasteiger partial charge is 0.481 e. The highest BCUT2D eigenvalue weighted by Crippen LogP contribution is 2.21. The lowest BCUT2D eigenvalue weighted by Gasteiger charge is -2.04. The monoisotopic (exact) mass is 206 g/mol. The molecule has 2 heterocycles. The molecule has 5 heteroatoms. The van der Waals surface area contributed by atoms with Crippen LogP contribution in [0.1, 0.15) is 6.42 Å². The van der Waals surface area contributed by atoms with Crippen LogP contribution in [-0.4, -0.2) is 22.6 Å². The second-order valence-electron chi connectivity index (χ2n) is 3.07. The third-order valence-electron chi connectivity index (χ3n) is 2.02. The Labute approximate surface area is 85.7 Å². The van der Waals surface area contributed by atoms with Crippen LogP contribution in [-0.2, 0) is 4.79 Å². The number of pyridine rings is 1. The predicted molar refractivity (Wildman–Crippen MR) is 54.8 cm³/mol. The number of hydrogen-bond donors (Lipinski definition) is 2. The molecule has 0 aliphatic carbocycles. The molecule has 15 heavy (non-hydrogen) atoms. The highest BCUT2D eigenvalue weighted by Gasteiger charge is 2.04. The number of fused-ring (bicyclic) bond motifs is 1. The van der Waals surface area contributed by atoms with Gasteiger partial charge in [0.05, 0.1) is 18.1 Å². The molecular weight excluding hydrogens is 196 g/mol. The van der Waals surface area contributed by atoms with Gasteiger partial charge in [-0.2, -0.15) is 0 Å². The first kappa shape index (κ1) is 9.51. The molecule has 0 saturated heterocycles. The van der Waals surface area contributed by atoms with Gasteiger partial charge < -0.3 is 14.8 Å². The van der Waals surface area contributed by atoms with E-state index in [-0.39, 0.29) is 6.42 Å². The minimum Gasteiger partial charge on any atom is -0.481 e. The van der Waals surface area contributed by atoms with Crippen molar-refractivity contribution in [2.45, 2.75) is 6.42 Å². The van der Waals surface area contributed by atoms with Gasteiger partial charge in [0.15, 0.2) is 0 Å². The molecule has 5 nitrogen and oxygen atoms in total. The molecule has 0 saturated carbocycles. The highest BCUT2D eigenvalue weighted by atomic mass is 16.4. The molecule has 0 unspecified atom stereocenters. The minimum atomic E-state index is -0.819. The van der Waals surface area contributed by atoms with Crippen molar-refractivity contribution in [2.75, 3.05) is 11.9 Å². The molecule has 2 rings (SSSR count). The Morgan fingerprint density at radius 3 is 3.20 bits per heavy atom. The van der Waals surface area contributed by atoms with Gasteiger partial charge >= 0.3 is 5.97 Å². The summed E-state index contributed by atoms with van der Waals surface area (Å²) in [6.45, 7) is 0.389. The summed E-state index contributed by atoms with van der Waals surface area (Å²) in [7, 11) is 0. The first-order valence-corrected chi connectivity index (χ1v) is 4.55. The summed E-state index contributed by atoms with van der Waals surface area (Å²) in [6.07, 6.45) is 3.26. The van der Waals surface area contributed by atoms with Crippen molar-refractivity contribution in [3.05, 3.63) is 24.6 Å². The zero-order valence-electron chi connectivity index (χ0n) is 7.93. The van der Waals surface area contributed by atoms with Crippen LogP contribution in [0.4, 0.5) is 5.69 Å². The van der Waals surface area contributed by atoms with E-state index < -0.39 is 5.97 Å². The van der Waals surface area contributed by atoms with Crippen molar-refractivity contribution < 1.29 is 14.3 Å². The van der Waals surface area contributed by atoms with Gasteiger partial charge in [-0.15, -0.1) is 0 Å². The van der Waals surface area contributed by atoms with Crippen molar-refractivity contribution in [3.63, 3.8) is 0 Å².